The predicted molar refractivity (Wildman–Crippen MR) is 47.9 cm³/mol. The van der Waals surface area contributed by atoms with Gasteiger partial charge in [0.2, 0.25) is 5.91 Å². The highest BCUT2D eigenvalue weighted by Crippen LogP contribution is 2.06. The number of ether oxygens (including phenoxy) is 1. The van der Waals surface area contributed by atoms with Gasteiger partial charge in [-0.3, -0.25) is 9.59 Å². The van der Waals surface area contributed by atoms with Crippen LogP contribution in [0, 0.1) is 0 Å². The predicted octanol–water partition coefficient (Wildman–Crippen LogP) is -0.597. The van der Waals surface area contributed by atoms with Crippen molar-refractivity contribution in [2.45, 2.75) is 25.8 Å². The summed E-state index contributed by atoms with van der Waals surface area (Å²) in [5.41, 5.74) is 4.55. The molecule has 0 rings (SSSR count). The van der Waals surface area contributed by atoms with Crippen LogP contribution in [0.3, 0.4) is 0 Å². The largest absolute Gasteiger partial charge is 0.468 e. The number of carbonyl (C=O) groups excluding carboxylic acids is 2. The van der Waals surface area contributed by atoms with E-state index in [1.165, 1.54) is 7.11 Å². The first-order valence-corrected chi connectivity index (χ1v) is 3.97. The molecule has 0 heterocycles. The molecule has 76 valence electrons. The lowest BCUT2D eigenvalue weighted by atomic mass is 10.0. The van der Waals surface area contributed by atoms with Crippen molar-refractivity contribution >= 4 is 11.9 Å². The van der Waals surface area contributed by atoms with Gasteiger partial charge in [0.25, 0.3) is 0 Å². The molecule has 0 saturated heterocycles. The molecule has 1 amide bonds. The minimum atomic E-state index is -0.472. The van der Waals surface area contributed by atoms with Gasteiger partial charge in [0.15, 0.2) is 0 Å². The smallest absolute Gasteiger partial charge is 0.319 e. The lowest BCUT2D eigenvalue weighted by Crippen LogP contribution is -2.45. The van der Waals surface area contributed by atoms with Crippen molar-refractivity contribution in [1.82, 2.24) is 5.32 Å². The Labute approximate surface area is 77.6 Å². The van der Waals surface area contributed by atoms with Crippen LogP contribution in [-0.2, 0) is 14.3 Å². The maximum absolute atomic E-state index is 10.7. The number of nitrogens with one attached hydrogen (secondary N) is 1. The molecule has 0 aliphatic rings. The van der Waals surface area contributed by atoms with E-state index in [9.17, 15) is 9.59 Å². The van der Waals surface area contributed by atoms with Gasteiger partial charge >= 0.3 is 5.97 Å². The molecule has 3 N–H and O–H groups in total. The van der Waals surface area contributed by atoms with Gasteiger partial charge in [-0.2, -0.15) is 0 Å². The van der Waals surface area contributed by atoms with Crippen LogP contribution in [-0.4, -0.2) is 31.1 Å². The molecule has 5 heteroatoms. The average Bonchev–Trinajstić information content (AvgIpc) is 1.98. The van der Waals surface area contributed by atoms with Crippen molar-refractivity contribution in [2.24, 2.45) is 5.73 Å². The van der Waals surface area contributed by atoms with Crippen LogP contribution in [0.2, 0.25) is 0 Å². The molecule has 0 aromatic rings. The van der Waals surface area contributed by atoms with Gasteiger partial charge in [-0.15, -0.1) is 0 Å². The molecule has 0 fully saturated rings. The second-order valence-electron chi connectivity index (χ2n) is 3.46. The maximum Gasteiger partial charge on any atom is 0.319 e. The number of nitrogens with two attached hydrogens (primary N) is 1. The molecule has 0 radical (unpaired) electrons. The van der Waals surface area contributed by atoms with E-state index >= 15 is 0 Å². The number of hydrogen-bond donors (Lipinski definition) is 2. The lowest BCUT2D eigenvalue weighted by molar-refractivity contribution is -0.140. The molecule has 0 bridgehead atoms. The summed E-state index contributed by atoms with van der Waals surface area (Å²) in [6.45, 7) is 3.66. The average molecular weight is 188 g/mol. The molecule has 0 saturated carbocycles. The summed E-state index contributed by atoms with van der Waals surface area (Å²) in [5.74, 6) is -0.764. The quantitative estimate of drug-likeness (QED) is 0.565. The Morgan fingerprint density at radius 3 is 2.38 bits per heavy atom. The van der Waals surface area contributed by atoms with Gasteiger partial charge in [0, 0.05) is 12.0 Å². The Hall–Kier alpha value is -1.10. The van der Waals surface area contributed by atoms with E-state index in [1.54, 1.807) is 13.8 Å². The standard InChI is InChI=1S/C8H16N2O3/c1-8(2,4-6(9)11)10-5-7(12)13-3/h10H,4-5H2,1-3H3,(H2,9,11). The third kappa shape index (κ3) is 6.10. The van der Waals surface area contributed by atoms with E-state index in [-0.39, 0.29) is 18.9 Å². The fourth-order valence-electron chi connectivity index (χ4n) is 0.882. The van der Waals surface area contributed by atoms with Crippen LogP contribution < -0.4 is 11.1 Å². The highest BCUT2D eigenvalue weighted by molar-refractivity contribution is 5.75. The second-order valence-corrected chi connectivity index (χ2v) is 3.46. The first-order valence-electron chi connectivity index (χ1n) is 3.97. The molecule has 5 nitrogen and oxygen atoms in total. The number of esters is 1. The van der Waals surface area contributed by atoms with Gasteiger partial charge in [-0.1, -0.05) is 0 Å². The van der Waals surface area contributed by atoms with Crippen molar-refractivity contribution in [1.29, 1.82) is 0 Å². The summed E-state index contributed by atoms with van der Waals surface area (Å²) in [4.78, 5) is 21.3. The summed E-state index contributed by atoms with van der Waals surface area (Å²) in [7, 11) is 1.31. The van der Waals surface area contributed by atoms with Crippen LogP contribution in [0.5, 0.6) is 0 Å². The molecule has 0 spiro atoms. The SMILES string of the molecule is COC(=O)CNC(C)(C)CC(N)=O. The first kappa shape index (κ1) is 11.9. The minimum absolute atomic E-state index is 0.0801. The monoisotopic (exact) mass is 188 g/mol. The van der Waals surface area contributed by atoms with E-state index in [0.717, 1.165) is 0 Å². The summed E-state index contributed by atoms with van der Waals surface area (Å²) in [6, 6.07) is 0. The Kier molecular flexibility index (Phi) is 4.40. The van der Waals surface area contributed by atoms with Crippen LogP contribution >= 0.6 is 0 Å². The zero-order chi connectivity index (χ0) is 10.5. The summed E-state index contributed by atoms with van der Waals surface area (Å²) >= 11 is 0. The van der Waals surface area contributed by atoms with Crippen molar-refractivity contribution in [2.75, 3.05) is 13.7 Å². The topological polar surface area (TPSA) is 81.4 Å². The molecule has 13 heavy (non-hydrogen) atoms. The van der Waals surface area contributed by atoms with Gasteiger partial charge in [-0.25, -0.2) is 0 Å². The number of rotatable bonds is 5. The Balaban J connectivity index is 3.88. The number of primary amides is 1. The van der Waals surface area contributed by atoms with E-state index in [4.69, 9.17) is 5.73 Å². The summed E-state index contributed by atoms with van der Waals surface area (Å²) < 4.78 is 4.43. The summed E-state index contributed by atoms with van der Waals surface area (Å²) in [5, 5.41) is 2.87. The highest BCUT2D eigenvalue weighted by atomic mass is 16.5. The highest BCUT2D eigenvalue weighted by Gasteiger charge is 2.20. The maximum atomic E-state index is 10.7. The van der Waals surface area contributed by atoms with Crippen LogP contribution in [0.15, 0.2) is 0 Å². The van der Waals surface area contributed by atoms with Gasteiger partial charge < -0.3 is 15.8 Å². The van der Waals surface area contributed by atoms with Gasteiger partial charge in [0.1, 0.15) is 0 Å². The zero-order valence-corrected chi connectivity index (χ0v) is 8.22. The zero-order valence-electron chi connectivity index (χ0n) is 8.22. The van der Waals surface area contributed by atoms with Crippen molar-refractivity contribution in [3.63, 3.8) is 0 Å². The number of hydrogen-bond acceptors (Lipinski definition) is 4. The van der Waals surface area contributed by atoms with Crippen molar-refractivity contribution in [3.8, 4) is 0 Å². The molecular weight excluding hydrogens is 172 g/mol. The Bertz CT molecular complexity index is 202. The van der Waals surface area contributed by atoms with E-state index in [2.05, 4.69) is 10.1 Å². The van der Waals surface area contributed by atoms with E-state index in [0.29, 0.717) is 0 Å². The Morgan fingerprint density at radius 1 is 1.46 bits per heavy atom. The number of methoxy groups -OCH3 is 1. The molecule has 0 aliphatic carbocycles. The molecule has 0 atom stereocenters. The third-order valence-corrected chi connectivity index (χ3v) is 1.56. The van der Waals surface area contributed by atoms with Gasteiger partial charge in [-0.05, 0) is 13.8 Å². The molecular formula is C8H16N2O3. The van der Waals surface area contributed by atoms with E-state index in [1.807, 2.05) is 0 Å². The number of carbonyl (C=O) groups is 2. The van der Waals surface area contributed by atoms with Crippen LogP contribution in [0.4, 0.5) is 0 Å². The third-order valence-electron chi connectivity index (χ3n) is 1.56. The fraction of sp³-hybridized carbons (Fsp3) is 0.750. The van der Waals surface area contributed by atoms with Crippen molar-refractivity contribution in [3.05, 3.63) is 0 Å². The summed E-state index contributed by atoms with van der Waals surface area (Å²) in [6.07, 6.45) is 0.185. The molecule has 0 aromatic heterocycles. The first-order chi connectivity index (χ1) is 5.87. The van der Waals surface area contributed by atoms with Gasteiger partial charge in [0.05, 0.1) is 13.7 Å². The Morgan fingerprint density at radius 2 is 2.00 bits per heavy atom. The van der Waals surface area contributed by atoms with Crippen LogP contribution in [0.25, 0.3) is 0 Å². The fourth-order valence-corrected chi connectivity index (χ4v) is 0.882. The van der Waals surface area contributed by atoms with E-state index < -0.39 is 11.4 Å². The van der Waals surface area contributed by atoms with Crippen LogP contribution in [0.1, 0.15) is 20.3 Å². The second kappa shape index (κ2) is 4.81. The lowest BCUT2D eigenvalue weighted by Gasteiger charge is -2.23. The molecule has 0 aliphatic heterocycles. The van der Waals surface area contributed by atoms with Crippen molar-refractivity contribution < 1.29 is 14.3 Å². The minimum Gasteiger partial charge on any atom is -0.468 e. The molecule has 0 unspecified atom stereocenters. The molecule has 0 aromatic carbocycles. The number of amides is 1. The normalized spacial score (nSPS) is 11.0.